The van der Waals surface area contributed by atoms with Crippen LogP contribution in [0.4, 0.5) is 5.69 Å². The van der Waals surface area contributed by atoms with Crippen molar-refractivity contribution >= 4 is 50.7 Å². The second-order valence-corrected chi connectivity index (χ2v) is 10.5. The highest BCUT2D eigenvalue weighted by Gasteiger charge is 2.30. The van der Waals surface area contributed by atoms with Crippen molar-refractivity contribution in [2.24, 2.45) is 0 Å². The maximum Gasteiger partial charge on any atom is 0.244 e. The fraction of sp³-hybridized carbons (Fsp3) is 0.391. The Labute approximate surface area is 205 Å². The van der Waals surface area contributed by atoms with E-state index in [9.17, 15) is 18.0 Å². The predicted octanol–water partition coefficient (Wildman–Crippen LogP) is 4.01. The van der Waals surface area contributed by atoms with Gasteiger partial charge in [-0.2, -0.15) is 0 Å². The van der Waals surface area contributed by atoms with Crippen LogP contribution in [-0.2, 0) is 26.2 Å². The molecule has 10 heteroatoms. The van der Waals surface area contributed by atoms with E-state index in [0.29, 0.717) is 22.2 Å². The first-order valence-electron chi connectivity index (χ1n) is 10.5. The molecule has 1 N–H and O–H groups in total. The number of aryl methyl sites for hydroxylation is 1. The second kappa shape index (κ2) is 11.7. The molecule has 0 saturated heterocycles. The molecule has 0 heterocycles. The first-order chi connectivity index (χ1) is 15.5. The van der Waals surface area contributed by atoms with Gasteiger partial charge in [0.1, 0.15) is 12.6 Å². The van der Waals surface area contributed by atoms with Gasteiger partial charge < -0.3 is 10.2 Å². The summed E-state index contributed by atoms with van der Waals surface area (Å²) in [6, 6.07) is 10.9. The molecule has 2 aromatic rings. The Balaban J connectivity index is 2.40. The van der Waals surface area contributed by atoms with Crippen molar-refractivity contribution < 1.29 is 18.0 Å². The van der Waals surface area contributed by atoms with Gasteiger partial charge in [0.2, 0.25) is 21.8 Å². The zero-order valence-electron chi connectivity index (χ0n) is 19.1. The molecule has 0 aliphatic rings. The lowest BCUT2D eigenvalue weighted by Crippen LogP contribution is -2.51. The first-order valence-corrected chi connectivity index (χ1v) is 13.1. The molecule has 0 saturated carbocycles. The molecule has 0 spiro atoms. The molecule has 2 rings (SSSR count). The number of carbonyl (C=O) groups excluding carboxylic acids is 2. The molecule has 0 aliphatic carbocycles. The van der Waals surface area contributed by atoms with E-state index >= 15 is 0 Å². The van der Waals surface area contributed by atoms with E-state index < -0.39 is 28.5 Å². The fourth-order valence-corrected chi connectivity index (χ4v) is 4.35. The van der Waals surface area contributed by atoms with Crippen LogP contribution in [0.1, 0.15) is 31.4 Å². The number of amides is 2. The minimum atomic E-state index is -3.82. The quantitative estimate of drug-likeness (QED) is 0.519. The molecule has 180 valence electrons. The number of sulfonamides is 1. The zero-order chi connectivity index (χ0) is 24.8. The highest BCUT2D eigenvalue weighted by molar-refractivity contribution is 7.92. The van der Waals surface area contributed by atoms with Crippen molar-refractivity contribution in [3.63, 3.8) is 0 Å². The number of hydrogen-bond donors (Lipinski definition) is 1. The summed E-state index contributed by atoms with van der Waals surface area (Å²) < 4.78 is 26.1. The predicted molar refractivity (Wildman–Crippen MR) is 133 cm³/mol. The van der Waals surface area contributed by atoms with E-state index in [-0.39, 0.29) is 18.1 Å². The number of anilines is 1. The van der Waals surface area contributed by atoms with E-state index in [1.807, 2.05) is 6.92 Å². The zero-order valence-corrected chi connectivity index (χ0v) is 21.5. The number of benzene rings is 2. The second-order valence-electron chi connectivity index (χ2n) is 7.78. The summed E-state index contributed by atoms with van der Waals surface area (Å²) in [5.41, 5.74) is 1.69. The van der Waals surface area contributed by atoms with Gasteiger partial charge in [0.05, 0.1) is 11.9 Å². The molecule has 7 nitrogen and oxygen atoms in total. The smallest absolute Gasteiger partial charge is 0.244 e. The first kappa shape index (κ1) is 27.0. The van der Waals surface area contributed by atoms with Gasteiger partial charge in [0.15, 0.2) is 0 Å². The van der Waals surface area contributed by atoms with Gasteiger partial charge in [-0.15, -0.1) is 0 Å². The van der Waals surface area contributed by atoms with Crippen LogP contribution < -0.4 is 9.62 Å². The summed E-state index contributed by atoms with van der Waals surface area (Å²) in [4.78, 5) is 27.4. The van der Waals surface area contributed by atoms with Crippen LogP contribution in [0.15, 0.2) is 42.5 Å². The lowest BCUT2D eigenvalue weighted by atomic mass is 10.1. The summed E-state index contributed by atoms with van der Waals surface area (Å²) in [6.07, 6.45) is 1.76. The summed E-state index contributed by atoms with van der Waals surface area (Å²) in [7, 11) is -3.82. The van der Waals surface area contributed by atoms with Crippen molar-refractivity contribution in [2.75, 3.05) is 23.7 Å². The molecule has 0 aromatic heterocycles. The molecular weight excluding hydrogens is 485 g/mol. The van der Waals surface area contributed by atoms with Gasteiger partial charge in [-0.1, -0.05) is 54.4 Å². The molecule has 0 radical (unpaired) electrons. The van der Waals surface area contributed by atoms with Crippen molar-refractivity contribution in [1.82, 2.24) is 10.2 Å². The third-order valence-electron chi connectivity index (χ3n) is 5.14. The Hall–Kier alpha value is -2.29. The Morgan fingerprint density at radius 2 is 1.76 bits per heavy atom. The van der Waals surface area contributed by atoms with Crippen molar-refractivity contribution in [3.05, 3.63) is 63.6 Å². The maximum absolute atomic E-state index is 13.4. The Bertz CT molecular complexity index is 1110. The minimum absolute atomic E-state index is 0.0471. The van der Waals surface area contributed by atoms with Crippen LogP contribution in [0.25, 0.3) is 0 Å². The Morgan fingerprint density at radius 1 is 1.09 bits per heavy atom. The van der Waals surface area contributed by atoms with Gasteiger partial charge in [0, 0.05) is 23.1 Å². The average molecular weight is 514 g/mol. The molecular formula is C23H29Cl2N3O4S. The van der Waals surface area contributed by atoms with Crippen LogP contribution in [0.2, 0.25) is 10.0 Å². The van der Waals surface area contributed by atoms with E-state index in [0.717, 1.165) is 22.5 Å². The monoisotopic (exact) mass is 513 g/mol. The largest absolute Gasteiger partial charge is 0.354 e. The number of rotatable bonds is 10. The standard InChI is InChI=1S/C23H29Cl2N3O4S/c1-5-12-26-23(30)17(3)27(14-18-8-6-7-9-20(18)24)22(29)15-28(33(4,31)32)19-11-10-16(2)21(25)13-19/h6-11,13,17H,5,12,14-15H2,1-4H3,(H,26,30)/t17-/m1/s1. The highest BCUT2D eigenvalue weighted by atomic mass is 35.5. The number of carbonyl (C=O) groups is 2. The summed E-state index contributed by atoms with van der Waals surface area (Å²) >= 11 is 12.5. The van der Waals surface area contributed by atoms with Crippen LogP contribution >= 0.6 is 23.2 Å². The Morgan fingerprint density at radius 3 is 2.33 bits per heavy atom. The number of nitrogens with one attached hydrogen (secondary N) is 1. The lowest BCUT2D eigenvalue weighted by molar-refractivity contribution is -0.139. The molecule has 0 unspecified atom stereocenters. The van der Waals surface area contributed by atoms with E-state index in [1.165, 1.54) is 11.0 Å². The summed E-state index contributed by atoms with van der Waals surface area (Å²) in [5.74, 6) is -0.877. The van der Waals surface area contributed by atoms with Gasteiger partial charge in [-0.3, -0.25) is 13.9 Å². The fourth-order valence-electron chi connectivity index (χ4n) is 3.14. The van der Waals surface area contributed by atoms with Crippen LogP contribution in [0, 0.1) is 6.92 Å². The third kappa shape index (κ3) is 7.35. The van der Waals surface area contributed by atoms with Crippen LogP contribution in [0.3, 0.4) is 0 Å². The molecule has 0 bridgehead atoms. The van der Waals surface area contributed by atoms with E-state index in [2.05, 4.69) is 5.32 Å². The molecule has 2 aromatic carbocycles. The molecule has 0 aliphatic heterocycles. The van der Waals surface area contributed by atoms with Gasteiger partial charge >= 0.3 is 0 Å². The van der Waals surface area contributed by atoms with Crippen molar-refractivity contribution in [2.45, 2.75) is 39.8 Å². The van der Waals surface area contributed by atoms with E-state index in [1.54, 1.807) is 50.2 Å². The van der Waals surface area contributed by atoms with Crippen molar-refractivity contribution in [1.29, 1.82) is 0 Å². The van der Waals surface area contributed by atoms with Gasteiger partial charge in [-0.25, -0.2) is 8.42 Å². The SMILES string of the molecule is CCCNC(=O)[C@@H](C)N(Cc1ccccc1Cl)C(=O)CN(c1ccc(C)c(Cl)c1)S(C)(=O)=O. The van der Waals surface area contributed by atoms with Crippen LogP contribution in [-0.4, -0.2) is 50.5 Å². The third-order valence-corrected chi connectivity index (χ3v) is 7.05. The normalized spacial score (nSPS) is 12.2. The Kier molecular flexibility index (Phi) is 9.57. The summed E-state index contributed by atoms with van der Waals surface area (Å²) in [6.45, 7) is 5.35. The summed E-state index contributed by atoms with van der Waals surface area (Å²) in [5, 5.41) is 3.61. The topological polar surface area (TPSA) is 86.8 Å². The molecule has 1 atom stereocenters. The molecule has 33 heavy (non-hydrogen) atoms. The molecule has 0 fully saturated rings. The number of hydrogen-bond acceptors (Lipinski definition) is 4. The maximum atomic E-state index is 13.4. The molecule has 2 amide bonds. The number of nitrogens with zero attached hydrogens (tertiary/aromatic N) is 2. The highest BCUT2D eigenvalue weighted by Crippen LogP contribution is 2.26. The van der Waals surface area contributed by atoms with E-state index in [4.69, 9.17) is 23.2 Å². The van der Waals surface area contributed by atoms with Crippen LogP contribution in [0.5, 0.6) is 0 Å². The number of halogens is 2. The van der Waals surface area contributed by atoms with Crippen molar-refractivity contribution in [3.8, 4) is 0 Å². The lowest BCUT2D eigenvalue weighted by Gasteiger charge is -2.31. The van der Waals surface area contributed by atoms with Gasteiger partial charge in [0.25, 0.3) is 0 Å². The minimum Gasteiger partial charge on any atom is -0.354 e. The van der Waals surface area contributed by atoms with Gasteiger partial charge in [-0.05, 0) is 49.6 Å². The average Bonchev–Trinajstić information content (AvgIpc) is 2.75.